The van der Waals surface area contributed by atoms with E-state index < -0.39 is 30.7 Å². The average Bonchev–Trinajstić information content (AvgIpc) is 3.17. The van der Waals surface area contributed by atoms with E-state index in [1.165, 1.54) is 11.3 Å². The van der Waals surface area contributed by atoms with E-state index in [-0.39, 0.29) is 0 Å². The Morgan fingerprint density at radius 1 is 1.21 bits per heavy atom. The first-order valence-corrected chi connectivity index (χ1v) is 8.42. The fourth-order valence-corrected chi connectivity index (χ4v) is 3.66. The Bertz CT molecular complexity index is 716. The number of hydrogen-bond acceptors (Lipinski definition) is 3. The number of nitrogens with zero attached hydrogens (tertiary/aromatic N) is 1. The predicted molar refractivity (Wildman–Crippen MR) is 87.2 cm³/mol. The summed E-state index contributed by atoms with van der Waals surface area (Å²) in [5.41, 5.74) is 3.74. The molecule has 0 fully saturated rings. The van der Waals surface area contributed by atoms with Crippen molar-refractivity contribution in [2.24, 2.45) is 11.0 Å². The maximum Gasteiger partial charge on any atom is 0.308 e. The highest BCUT2D eigenvalue weighted by Crippen LogP contribution is 2.41. The fraction of sp³-hybridized carbons (Fsp3) is 0.312. The molecule has 0 saturated heterocycles. The van der Waals surface area contributed by atoms with Crippen LogP contribution in [0.25, 0.3) is 0 Å². The molecule has 2 nitrogen and oxygen atoms in total. The van der Waals surface area contributed by atoms with Crippen molar-refractivity contribution < 1.29 is 17.6 Å². The standard InChI is InChI=1S/C16H13ClF4N2S/c17-10-5-3-9(4-6-10)13-11(8-16(20,21)15(18)19)14(23-22-13)12-2-1-7-24-12/h1-7,11,14-15,23H,8H2. The number of halogens is 5. The Labute approximate surface area is 145 Å². The molecular formula is C16H13ClF4N2S. The third-order valence-electron chi connectivity index (χ3n) is 3.88. The van der Waals surface area contributed by atoms with E-state index in [4.69, 9.17) is 11.6 Å². The highest BCUT2D eigenvalue weighted by molar-refractivity contribution is 7.10. The van der Waals surface area contributed by atoms with Crippen LogP contribution in [0.2, 0.25) is 5.02 Å². The lowest BCUT2D eigenvalue weighted by Gasteiger charge is -2.24. The summed E-state index contributed by atoms with van der Waals surface area (Å²) in [6.45, 7) is 0. The average molecular weight is 377 g/mol. The van der Waals surface area contributed by atoms with Crippen LogP contribution in [0.3, 0.4) is 0 Å². The second kappa shape index (κ2) is 6.72. The van der Waals surface area contributed by atoms with E-state index in [1.807, 2.05) is 0 Å². The SMILES string of the molecule is FC(F)C(F)(F)CC1C(c2ccc(Cl)cc2)=NNC1c1cccs1. The molecule has 0 amide bonds. The van der Waals surface area contributed by atoms with Crippen molar-refractivity contribution in [3.05, 3.63) is 57.2 Å². The zero-order chi connectivity index (χ0) is 17.3. The zero-order valence-corrected chi connectivity index (χ0v) is 13.8. The summed E-state index contributed by atoms with van der Waals surface area (Å²) >= 11 is 7.21. The smallest absolute Gasteiger partial charge is 0.301 e. The molecule has 8 heteroatoms. The van der Waals surface area contributed by atoms with E-state index >= 15 is 0 Å². The molecule has 0 spiro atoms. The first-order chi connectivity index (χ1) is 11.4. The van der Waals surface area contributed by atoms with Gasteiger partial charge in [-0.25, -0.2) is 17.6 Å². The molecule has 0 aliphatic carbocycles. The van der Waals surface area contributed by atoms with Gasteiger partial charge < -0.3 is 5.43 Å². The van der Waals surface area contributed by atoms with Gasteiger partial charge in [-0.1, -0.05) is 29.8 Å². The highest BCUT2D eigenvalue weighted by Gasteiger charge is 2.47. The fourth-order valence-electron chi connectivity index (χ4n) is 2.70. The number of nitrogens with one attached hydrogen (secondary N) is 1. The third kappa shape index (κ3) is 3.42. The molecule has 2 unspecified atom stereocenters. The second-order valence-corrected chi connectivity index (χ2v) is 6.91. The van der Waals surface area contributed by atoms with Gasteiger partial charge in [0.15, 0.2) is 0 Å². The number of hydrogen-bond donors (Lipinski definition) is 1. The summed E-state index contributed by atoms with van der Waals surface area (Å²) in [6.07, 6.45) is -4.70. The minimum atomic E-state index is -4.08. The first-order valence-electron chi connectivity index (χ1n) is 7.17. The van der Waals surface area contributed by atoms with E-state index in [9.17, 15) is 17.6 Å². The van der Waals surface area contributed by atoms with Gasteiger partial charge in [-0.3, -0.25) is 0 Å². The van der Waals surface area contributed by atoms with Gasteiger partial charge >= 0.3 is 12.3 Å². The van der Waals surface area contributed by atoms with Crippen LogP contribution >= 0.6 is 22.9 Å². The quantitative estimate of drug-likeness (QED) is 0.698. The largest absolute Gasteiger partial charge is 0.308 e. The van der Waals surface area contributed by atoms with Gasteiger partial charge in [0.1, 0.15) is 0 Å². The van der Waals surface area contributed by atoms with Crippen molar-refractivity contribution in [1.82, 2.24) is 5.43 Å². The molecule has 24 heavy (non-hydrogen) atoms. The van der Waals surface area contributed by atoms with E-state index in [2.05, 4.69) is 10.5 Å². The van der Waals surface area contributed by atoms with Crippen molar-refractivity contribution in [1.29, 1.82) is 0 Å². The maximum atomic E-state index is 13.7. The van der Waals surface area contributed by atoms with Crippen LogP contribution in [0.1, 0.15) is 22.9 Å². The lowest BCUT2D eigenvalue weighted by atomic mass is 9.86. The van der Waals surface area contributed by atoms with Crippen LogP contribution in [0, 0.1) is 5.92 Å². The number of benzene rings is 1. The minimum absolute atomic E-state index is 0.338. The Hall–Kier alpha value is -1.60. The number of rotatable bonds is 5. The molecule has 2 aromatic rings. The third-order valence-corrected chi connectivity index (χ3v) is 5.09. The van der Waals surface area contributed by atoms with Crippen LogP contribution in [0.4, 0.5) is 17.6 Å². The van der Waals surface area contributed by atoms with Gasteiger partial charge in [0, 0.05) is 22.2 Å². The Morgan fingerprint density at radius 2 is 1.92 bits per heavy atom. The summed E-state index contributed by atoms with van der Waals surface area (Å²) < 4.78 is 52.8. The zero-order valence-electron chi connectivity index (χ0n) is 12.2. The van der Waals surface area contributed by atoms with Gasteiger partial charge in [0.25, 0.3) is 0 Å². The van der Waals surface area contributed by atoms with E-state index in [0.717, 1.165) is 4.88 Å². The molecule has 1 aliphatic rings. The maximum absolute atomic E-state index is 13.7. The van der Waals surface area contributed by atoms with Gasteiger partial charge in [-0.2, -0.15) is 5.10 Å². The molecule has 1 aromatic heterocycles. The molecule has 1 aromatic carbocycles. The molecule has 0 saturated carbocycles. The van der Waals surface area contributed by atoms with Crippen LogP contribution < -0.4 is 5.43 Å². The molecule has 128 valence electrons. The normalized spacial score (nSPS) is 21.0. The van der Waals surface area contributed by atoms with Crippen LogP contribution in [0.15, 0.2) is 46.9 Å². The van der Waals surface area contributed by atoms with Gasteiger partial charge in [0.2, 0.25) is 0 Å². The monoisotopic (exact) mass is 376 g/mol. The van der Waals surface area contributed by atoms with Crippen LogP contribution in [0.5, 0.6) is 0 Å². The van der Waals surface area contributed by atoms with Gasteiger partial charge in [-0.05, 0) is 29.1 Å². The van der Waals surface area contributed by atoms with E-state index in [0.29, 0.717) is 16.3 Å². The topological polar surface area (TPSA) is 24.4 Å². The summed E-state index contributed by atoms with van der Waals surface area (Å²) in [4.78, 5) is 0.776. The van der Waals surface area contributed by atoms with Crippen molar-refractivity contribution in [3.8, 4) is 0 Å². The molecule has 2 heterocycles. The molecular weight excluding hydrogens is 364 g/mol. The highest BCUT2D eigenvalue weighted by atomic mass is 35.5. The molecule has 2 atom stereocenters. The predicted octanol–water partition coefficient (Wildman–Crippen LogP) is 5.36. The summed E-state index contributed by atoms with van der Waals surface area (Å²) in [6, 6.07) is 9.52. The van der Waals surface area contributed by atoms with Crippen molar-refractivity contribution >= 4 is 28.6 Å². The van der Waals surface area contributed by atoms with Crippen LogP contribution in [-0.2, 0) is 0 Å². The summed E-state index contributed by atoms with van der Waals surface area (Å²) in [5, 5.41) is 6.45. The van der Waals surface area contributed by atoms with Crippen molar-refractivity contribution in [2.45, 2.75) is 24.8 Å². The molecule has 1 N–H and O–H groups in total. The van der Waals surface area contributed by atoms with Crippen molar-refractivity contribution in [2.75, 3.05) is 0 Å². The van der Waals surface area contributed by atoms with Gasteiger partial charge in [-0.15, -0.1) is 11.3 Å². The first kappa shape index (κ1) is 17.2. The number of alkyl halides is 4. The summed E-state index contributed by atoms with van der Waals surface area (Å²) in [7, 11) is 0. The second-order valence-electron chi connectivity index (χ2n) is 5.50. The molecule has 3 rings (SSSR count). The molecule has 0 radical (unpaired) electrons. The lowest BCUT2D eigenvalue weighted by molar-refractivity contribution is -0.138. The Kier molecular flexibility index (Phi) is 4.83. The molecule has 1 aliphatic heterocycles. The minimum Gasteiger partial charge on any atom is -0.301 e. The van der Waals surface area contributed by atoms with Gasteiger partial charge in [0.05, 0.1) is 11.8 Å². The van der Waals surface area contributed by atoms with Crippen molar-refractivity contribution in [3.63, 3.8) is 0 Å². The summed E-state index contributed by atoms with van der Waals surface area (Å²) in [5.74, 6) is -4.95. The lowest BCUT2D eigenvalue weighted by Crippen LogP contribution is -2.34. The Balaban J connectivity index is 1.94. The Morgan fingerprint density at radius 3 is 2.50 bits per heavy atom. The number of thiophene rings is 1. The van der Waals surface area contributed by atoms with E-state index in [1.54, 1.807) is 41.8 Å². The number of hydrazone groups is 1. The molecule has 0 bridgehead atoms. The van der Waals surface area contributed by atoms with Crippen LogP contribution in [-0.4, -0.2) is 18.1 Å².